The van der Waals surface area contributed by atoms with Crippen LogP contribution in [-0.2, 0) is 0 Å². The third-order valence-corrected chi connectivity index (χ3v) is 3.47. The van der Waals surface area contributed by atoms with Gasteiger partial charge in [0.25, 0.3) is 0 Å². The van der Waals surface area contributed by atoms with Crippen LogP contribution in [0.4, 0.5) is 0 Å². The van der Waals surface area contributed by atoms with E-state index in [4.69, 9.17) is 0 Å². The first-order valence-corrected chi connectivity index (χ1v) is 7.52. The van der Waals surface area contributed by atoms with Gasteiger partial charge in [-0.2, -0.15) is 0 Å². The highest BCUT2D eigenvalue weighted by atomic mass is 14.8. The molecule has 1 aliphatic rings. The maximum Gasteiger partial charge on any atom is 0.0330 e. The Morgan fingerprint density at radius 3 is 2.18 bits per heavy atom. The van der Waals surface area contributed by atoms with E-state index in [1.165, 1.54) is 69.8 Å². The van der Waals surface area contributed by atoms with E-state index in [1.54, 1.807) is 0 Å². The molecule has 1 N–H and O–H groups in total. The monoisotopic (exact) mass is 235 g/mol. The maximum atomic E-state index is 3.19. The van der Waals surface area contributed by atoms with Crippen LogP contribution >= 0.6 is 0 Å². The summed E-state index contributed by atoms with van der Waals surface area (Å²) in [4.78, 5) is 0. The Balaban J connectivity index is 1.81. The minimum Gasteiger partial charge on any atom is -0.387 e. The van der Waals surface area contributed by atoms with E-state index >= 15 is 0 Å². The summed E-state index contributed by atoms with van der Waals surface area (Å²) in [5, 5.41) is 3.19. The number of rotatable bonds is 10. The lowest BCUT2D eigenvalue weighted by Gasteiger charge is -2.08. The maximum absolute atomic E-state index is 3.19. The van der Waals surface area contributed by atoms with Gasteiger partial charge in [-0.15, -0.1) is 0 Å². The van der Waals surface area contributed by atoms with E-state index < -0.39 is 0 Å². The second-order valence-electron chi connectivity index (χ2n) is 5.10. The lowest BCUT2D eigenvalue weighted by molar-refractivity contribution is 0.565. The van der Waals surface area contributed by atoms with Crippen molar-refractivity contribution >= 4 is 0 Å². The molecule has 0 aromatic rings. The number of nitrogens with one attached hydrogen (secondary N) is 1. The van der Waals surface area contributed by atoms with E-state index in [0.29, 0.717) is 0 Å². The molecule has 0 atom stereocenters. The smallest absolute Gasteiger partial charge is 0.0330 e. The van der Waals surface area contributed by atoms with Crippen molar-refractivity contribution in [1.29, 1.82) is 0 Å². The molecule has 0 bridgehead atoms. The molecule has 1 rings (SSSR count). The Bertz CT molecular complexity index is 228. The molecule has 0 spiro atoms. The summed E-state index contributed by atoms with van der Waals surface area (Å²) in [5.74, 6) is 0. The normalized spacial score (nSPS) is 14.5. The Kier molecular flexibility index (Phi) is 8.80. The van der Waals surface area contributed by atoms with Crippen molar-refractivity contribution in [1.82, 2.24) is 5.32 Å². The van der Waals surface area contributed by atoms with Crippen LogP contribution in [0.25, 0.3) is 0 Å². The second kappa shape index (κ2) is 10.4. The molecule has 1 heterocycles. The first-order chi connectivity index (χ1) is 8.43. The number of hydrogen-bond donors (Lipinski definition) is 1. The Hall–Kier alpha value is -0.720. The van der Waals surface area contributed by atoms with Crippen LogP contribution in [0, 0.1) is 0 Å². The molecule has 0 amide bonds. The van der Waals surface area contributed by atoms with Crippen LogP contribution in [0.15, 0.2) is 23.9 Å². The number of hydrogen-bond acceptors (Lipinski definition) is 1. The summed E-state index contributed by atoms with van der Waals surface area (Å²) in [7, 11) is 0. The van der Waals surface area contributed by atoms with Crippen molar-refractivity contribution in [2.45, 2.75) is 71.1 Å². The minimum atomic E-state index is 1.02. The molecule has 17 heavy (non-hydrogen) atoms. The summed E-state index contributed by atoms with van der Waals surface area (Å²) in [6, 6.07) is 0. The quantitative estimate of drug-likeness (QED) is 0.528. The summed E-state index contributed by atoms with van der Waals surface area (Å²) in [6.45, 7) is 3.30. The molecule has 0 saturated carbocycles. The van der Waals surface area contributed by atoms with Gasteiger partial charge >= 0.3 is 0 Å². The predicted molar refractivity (Wildman–Crippen MR) is 77.1 cm³/mol. The first kappa shape index (κ1) is 14.3. The fourth-order valence-electron chi connectivity index (χ4n) is 2.32. The summed E-state index contributed by atoms with van der Waals surface area (Å²) < 4.78 is 0. The predicted octanol–water partition coefficient (Wildman–Crippen LogP) is 4.95. The van der Waals surface area contributed by atoms with E-state index in [0.717, 1.165) is 6.54 Å². The highest BCUT2D eigenvalue weighted by Gasteiger charge is 1.97. The van der Waals surface area contributed by atoms with Gasteiger partial charge in [-0.05, 0) is 30.7 Å². The van der Waals surface area contributed by atoms with Gasteiger partial charge in [0.15, 0.2) is 0 Å². The molecule has 0 fully saturated rings. The van der Waals surface area contributed by atoms with Gasteiger partial charge in [-0.3, -0.25) is 0 Å². The Labute approximate surface area is 107 Å². The number of allylic oxidation sites excluding steroid dienone is 2. The SMILES string of the molecule is CCCCCCCCCCCC1=CCNC=C1. The molecular formula is C16H29N. The zero-order valence-corrected chi connectivity index (χ0v) is 11.5. The standard InChI is InChI=1S/C16H29N/c1-2-3-4-5-6-7-8-9-10-11-16-12-14-17-15-13-16/h12-14,17H,2-11,15H2,1H3. The third kappa shape index (κ3) is 8.06. The van der Waals surface area contributed by atoms with Crippen molar-refractivity contribution < 1.29 is 0 Å². The van der Waals surface area contributed by atoms with Crippen molar-refractivity contribution in [2.75, 3.05) is 6.54 Å². The average Bonchev–Trinajstić information content (AvgIpc) is 2.38. The fraction of sp³-hybridized carbons (Fsp3) is 0.750. The summed E-state index contributed by atoms with van der Waals surface area (Å²) in [6.07, 6.45) is 20.7. The Morgan fingerprint density at radius 2 is 1.59 bits per heavy atom. The molecule has 98 valence electrons. The zero-order chi connectivity index (χ0) is 12.2. The molecule has 0 radical (unpaired) electrons. The second-order valence-corrected chi connectivity index (χ2v) is 5.10. The van der Waals surface area contributed by atoms with E-state index in [-0.39, 0.29) is 0 Å². The minimum absolute atomic E-state index is 1.02. The molecule has 0 aliphatic carbocycles. The lowest BCUT2D eigenvalue weighted by atomic mass is 10.0. The van der Waals surface area contributed by atoms with Crippen molar-refractivity contribution in [3.63, 3.8) is 0 Å². The molecular weight excluding hydrogens is 206 g/mol. The van der Waals surface area contributed by atoms with Gasteiger partial charge in [-0.25, -0.2) is 0 Å². The average molecular weight is 235 g/mol. The molecule has 0 saturated heterocycles. The molecule has 1 nitrogen and oxygen atoms in total. The van der Waals surface area contributed by atoms with Crippen LogP contribution in [0.5, 0.6) is 0 Å². The number of unbranched alkanes of at least 4 members (excludes halogenated alkanes) is 8. The Morgan fingerprint density at radius 1 is 0.941 bits per heavy atom. The largest absolute Gasteiger partial charge is 0.387 e. The highest BCUT2D eigenvalue weighted by Crippen LogP contribution is 2.14. The van der Waals surface area contributed by atoms with E-state index in [1.807, 2.05) is 0 Å². The van der Waals surface area contributed by atoms with Crippen LogP contribution in [0.2, 0.25) is 0 Å². The molecule has 0 unspecified atom stereocenters. The first-order valence-electron chi connectivity index (χ1n) is 7.52. The van der Waals surface area contributed by atoms with Gasteiger partial charge < -0.3 is 5.32 Å². The van der Waals surface area contributed by atoms with Crippen molar-refractivity contribution in [2.24, 2.45) is 0 Å². The number of dihydropyridines is 1. The lowest BCUT2D eigenvalue weighted by Crippen LogP contribution is -2.08. The van der Waals surface area contributed by atoms with Crippen molar-refractivity contribution in [3.05, 3.63) is 23.9 Å². The third-order valence-electron chi connectivity index (χ3n) is 3.47. The van der Waals surface area contributed by atoms with Gasteiger partial charge in [0, 0.05) is 6.54 Å². The highest BCUT2D eigenvalue weighted by molar-refractivity contribution is 5.21. The van der Waals surface area contributed by atoms with Gasteiger partial charge in [-0.1, -0.05) is 64.4 Å². The molecule has 1 heteroatoms. The van der Waals surface area contributed by atoms with Gasteiger partial charge in [0.2, 0.25) is 0 Å². The van der Waals surface area contributed by atoms with Crippen LogP contribution in [0.3, 0.4) is 0 Å². The zero-order valence-electron chi connectivity index (χ0n) is 11.5. The summed E-state index contributed by atoms with van der Waals surface area (Å²) in [5.41, 5.74) is 1.52. The van der Waals surface area contributed by atoms with Crippen molar-refractivity contribution in [3.8, 4) is 0 Å². The van der Waals surface area contributed by atoms with Gasteiger partial charge in [0.05, 0.1) is 0 Å². The molecule has 0 aromatic heterocycles. The van der Waals surface area contributed by atoms with E-state index in [2.05, 4.69) is 30.6 Å². The molecule has 1 aliphatic heterocycles. The van der Waals surface area contributed by atoms with E-state index in [9.17, 15) is 0 Å². The molecule has 0 aromatic carbocycles. The van der Waals surface area contributed by atoms with Crippen LogP contribution < -0.4 is 5.32 Å². The van der Waals surface area contributed by atoms with Crippen LogP contribution in [-0.4, -0.2) is 6.54 Å². The van der Waals surface area contributed by atoms with Gasteiger partial charge in [0.1, 0.15) is 0 Å². The summed E-state index contributed by atoms with van der Waals surface area (Å²) >= 11 is 0. The van der Waals surface area contributed by atoms with Crippen LogP contribution in [0.1, 0.15) is 71.1 Å². The fourth-order valence-corrected chi connectivity index (χ4v) is 2.32. The topological polar surface area (TPSA) is 12.0 Å².